The second-order valence-electron chi connectivity index (χ2n) is 6.76. The molecule has 2 aromatic carbocycles. The zero-order valence-corrected chi connectivity index (χ0v) is 16.1. The third-order valence-electron chi connectivity index (χ3n) is 4.66. The lowest BCUT2D eigenvalue weighted by Crippen LogP contribution is -2.32. The molecule has 0 radical (unpaired) electrons. The fraction of sp³-hybridized carbons (Fsp3) is 0.263. The van der Waals surface area contributed by atoms with Gasteiger partial charge in [-0.2, -0.15) is 0 Å². The van der Waals surface area contributed by atoms with Gasteiger partial charge in [0.05, 0.1) is 10.6 Å². The monoisotopic (exact) mass is 423 g/mol. The first-order valence-corrected chi connectivity index (χ1v) is 10.4. The molecule has 0 saturated heterocycles. The number of primary amides is 1. The van der Waals surface area contributed by atoms with E-state index in [1.54, 1.807) is 0 Å². The topological polar surface area (TPSA) is 118 Å². The van der Waals surface area contributed by atoms with Gasteiger partial charge in [-0.05, 0) is 49.2 Å². The number of hydrogen-bond donors (Lipinski definition) is 3. The lowest BCUT2D eigenvalue weighted by atomic mass is 10.1. The Balaban J connectivity index is 1.76. The molecule has 29 heavy (non-hydrogen) atoms. The minimum atomic E-state index is -4.18. The van der Waals surface area contributed by atoms with Crippen molar-refractivity contribution in [1.82, 2.24) is 5.32 Å². The van der Waals surface area contributed by atoms with Crippen LogP contribution in [-0.2, 0) is 10.0 Å². The van der Waals surface area contributed by atoms with Crippen LogP contribution in [0.4, 0.5) is 14.5 Å². The second kappa shape index (κ2) is 8.16. The highest BCUT2D eigenvalue weighted by atomic mass is 32.2. The highest BCUT2D eigenvalue weighted by Gasteiger charge is 2.21. The van der Waals surface area contributed by atoms with Crippen molar-refractivity contribution in [2.45, 2.75) is 36.6 Å². The van der Waals surface area contributed by atoms with E-state index in [-0.39, 0.29) is 16.8 Å². The van der Waals surface area contributed by atoms with E-state index in [1.807, 2.05) is 4.72 Å². The fourth-order valence-corrected chi connectivity index (χ4v) is 4.25. The lowest BCUT2D eigenvalue weighted by Gasteiger charge is -2.13. The van der Waals surface area contributed by atoms with Gasteiger partial charge in [-0.3, -0.25) is 14.3 Å². The summed E-state index contributed by atoms with van der Waals surface area (Å²) in [6.45, 7) is 0. The number of nitrogens with two attached hydrogens (primary N) is 1. The molecule has 4 N–H and O–H groups in total. The molecule has 0 bridgehead atoms. The minimum Gasteiger partial charge on any atom is -0.365 e. The van der Waals surface area contributed by atoms with Crippen LogP contribution >= 0.6 is 0 Å². The maximum absolute atomic E-state index is 13.8. The van der Waals surface area contributed by atoms with Gasteiger partial charge in [-0.1, -0.05) is 12.8 Å². The Morgan fingerprint density at radius 2 is 1.55 bits per heavy atom. The number of anilines is 1. The Kier molecular flexibility index (Phi) is 5.83. The van der Waals surface area contributed by atoms with Crippen molar-refractivity contribution in [2.24, 2.45) is 5.73 Å². The van der Waals surface area contributed by atoms with Gasteiger partial charge in [0.25, 0.3) is 21.8 Å². The third kappa shape index (κ3) is 4.70. The summed E-state index contributed by atoms with van der Waals surface area (Å²) in [6, 6.07) is 6.59. The molecule has 0 heterocycles. The maximum atomic E-state index is 13.8. The van der Waals surface area contributed by atoms with Gasteiger partial charge in [0.2, 0.25) is 0 Å². The van der Waals surface area contributed by atoms with Crippen molar-refractivity contribution >= 4 is 27.5 Å². The zero-order valence-electron chi connectivity index (χ0n) is 15.2. The van der Waals surface area contributed by atoms with Gasteiger partial charge in [0, 0.05) is 11.6 Å². The summed E-state index contributed by atoms with van der Waals surface area (Å²) in [5.74, 6) is -4.16. The molecule has 0 atom stereocenters. The standard InChI is InChI=1S/C19H19F2N3O4S/c20-15-9-13(10-16(21)17(15)18(22)25)24-29(27,28)14-7-5-11(6-8-14)19(26)23-12-3-1-2-4-12/h5-10,12,24H,1-4H2,(H2,22,25)(H,23,26). The van der Waals surface area contributed by atoms with Crippen LogP contribution in [0.3, 0.4) is 0 Å². The molecule has 3 rings (SSSR count). The van der Waals surface area contributed by atoms with Gasteiger partial charge in [0.1, 0.15) is 17.2 Å². The Labute approximate surface area is 166 Å². The summed E-state index contributed by atoms with van der Waals surface area (Å²) in [5, 5.41) is 2.89. The second-order valence-corrected chi connectivity index (χ2v) is 8.45. The van der Waals surface area contributed by atoms with Crippen molar-refractivity contribution in [3.8, 4) is 0 Å². The van der Waals surface area contributed by atoms with Crippen LogP contribution in [0.1, 0.15) is 46.4 Å². The molecular formula is C19H19F2N3O4S. The molecule has 1 aliphatic carbocycles. The minimum absolute atomic E-state index is 0.126. The molecule has 1 aliphatic rings. The SMILES string of the molecule is NC(=O)c1c(F)cc(NS(=O)(=O)c2ccc(C(=O)NC3CCCC3)cc2)cc1F. The van der Waals surface area contributed by atoms with E-state index in [9.17, 15) is 26.8 Å². The number of carbonyl (C=O) groups excluding carboxylic acids is 2. The Morgan fingerprint density at radius 3 is 2.07 bits per heavy atom. The van der Waals surface area contributed by atoms with Crippen molar-refractivity contribution in [3.05, 3.63) is 59.2 Å². The van der Waals surface area contributed by atoms with E-state index in [2.05, 4.69) is 5.32 Å². The molecule has 10 heteroatoms. The molecule has 2 amide bonds. The smallest absolute Gasteiger partial charge is 0.261 e. The van der Waals surface area contributed by atoms with Crippen LogP contribution in [0, 0.1) is 11.6 Å². The predicted octanol–water partition coefficient (Wildman–Crippen LogP) is 2.54. The molecule has 1 fully saturated rings. The van der Waals surface area contributed by atoms with Crippen LogP contribution in [0.5, 0.6) is 0 Å². The summed E-state index contributed by atoms with van der Waals surface area (Å²) in [4.78, 5) is 23.0. The van der Waals surface area contributed by atoms with Gasteiger partial charge >= 0.3 is 0 Å². The molecule has 0 unspecified atom stereocenters. The Hall–Kier alpha value is -3.01. The Bertz CT molecular complexity index is 1030. The van der Waals surface area contributed by atoms with Crippen LogP contribution in [-0.4, -0.2) is 26.3 Å². The molecule has 154 valence electrons. The first-order chi connectivity index (χ1) is 13.7. The van der Waals surface area contributed by atoms with Crippen molar-refractivity contribution < 1.29 is 26.8 Å². The van der Waals surface area contributed by atoms with E-state index in [0.29, 0.717) is 17.7 Å². The van der Waals surface area contributed by atoms with Crippen LogP contribution in [0.25, 0.3) is 0 Å². The number of hydrogen-bond acceptors (Lipinski definition) is 4. The first kappa shape index (κ1) is 20.7. The number of halogens is 2. The molecule has 1 saturated carbocycles. The largest absolute Gasteiger partial charge is 0.365 e. The number of benzene rings is 2. The van der Waals surface area contributed by atoms with E-state index >= 15 is 0 Å². The average Bonchev–Trinajstić information content (AvgIpc) is 3.13. The maximum Gasteiger partial charge on any atom is 0.261 e. The third-order valence-corrected chi connectivity index (χ3v) is 6.06. The summed E-state index contributed by atoms with van der Waals surface area (Å²) in [5.41, 5.74) is 3.83. The van der Waals surface area contributed by atoms with Crippen LogP contribution < -0.4 is 15.8 Å². The highest BCUT2D eigenvalue weighted by Crippen LogP contribution is 2.22. The van der Waals surface area contributed by atoms with E-state index in [4.69, 9.17) is 5.73 Å². The number of rotatable bonds is 6. The van der Waals surface area contributed by atoms with Crippen molar-refractivity contribution in [2.75, 3.05) is 4.72 Å². The summed E-state index contributed by atoms with van der Waals surface area (Å²) >= 11 is 0. The number of sulfonamides is 1. The quantitative estimate of drug-likeness (QED) is 0.662. The zero-order chi connectivity index (χ0) is 21.2. The van der Waals surface area contributed by atoms with Gasteiger partial charge in [0.15, 0.2) is 0 Å². The molecular weight excluding hydrogens is 404 g/mol. The van der Waals surface area contributed by atoms with Crippen molar-refractivity contribution in [1.29, 1.82) is 0 Å². The molecule has 7 nitrogen and oxygen atoms in total. The average molecular weight is 423 g/mol. The van der Waals surface area contributed by atoms with Crippen LogP contribution in [0.2, 0.25) is 0 Å². The van der Waals surface area contributed by atoms with Gasteiger partial charge < -0.3 is 11.1 Å². The van der Waals surface area contributed by atoms with E-state index < -0.39 is 38.8 Å². The molecule has 2 aromatic rings. The highest BCUT2D eigenvalue weighted by molar-refractivity contribution is 7.92. The normalized spacial score (nSPS) is 14.6. The number of carbonyl (C=O) groups is 2. The number of nitrogens with one attached hydrogen (secondary N) is 2. The number of amides is 2. The van der Waals surface area contributed by atoms with Crippen LogP contribution in [0.15, 0.2) is 41.3 Å². The van der Waals surface area contributed by atoms with Gasteiger partial charge in [-0.15, -0.1) is 0 Å². The summed E-state index contributed by atoms with van der Waals surface area (Å²) in [7, 11) is -4.18. The lowest BCUT2D eigenvalue weighted by molar-refractivity contribution is 0.0936. The van der Waals surface area contributed by atoms with E-state index in [0.717, 1.165) is 25.7 Å². The van der Waals surface area contributed by atoms with E-state index in [1.165, 1.54) is 24.3 Å². The molecule has 0 aliphatic heterocycles. The molecule has 0 aromatic heterocycles. The summed E-state index contributed by atoms with van der Waals surface area (Å²) in [6.07, 6.45) is 3.97. The van der Waals surface area contributed by atoms with Crippen molar-refractivity contribution in [3.63, 3.8) is 0 Å². The Morgan fingerprint density at radius 1 is 1.00 bits per heavy atom. The molecule has 0 spiro atoms. The fourth-order valence-electron chi connectivity index (χ4n) is 3.21. The predicted molar refractivity (Wildman–Crippen MR) is 102 cm³/mol. The first-order valence-electron chi connectivity index (χ1n) is 8.90. The van der Waals surface area contributed by atoms with Gasteiger partial charge in [-0.25, -0.2) is 17.2 Å². The summed E-state index contributed by atoms with van der Waals surface area (Å²) < 4.78 is 54.6.